The lowest BCUT2D eigenvalue weighted by molar-refractivity contribution is 0.374. The second-order valence-electron chi connectivity index (χ2n) is 5.38. The predicted molar refractivity (Wildman–Crippen MR) is 73.3 cm³/mol. The summed E-state index contributed by atoms with van der Waals surface area (Å²) in [6.45, 7) is 2.30. The highest BCUT2D eigenvalue weighted by molar-refractivity contribution is 6.28. The van der Waals surface area contributed by atoms with Crippen LogP contribution in [0.3, 0.4) is 0 Å². The van der Waals surface area contributed by atoms with Crippen molar-refractivity contribution in [1.29, 1.82) is 0 Å². The van der Waals surface area contributed by atoms with E-state index in [1.54, 1.807) is 0 Å². The van der Waals surface area contributed by atoms with E-state index < -0.39 is 0 Å². The summed E-state index contributed by atoms with van der Waals surface area (Å²) in [6, 6.07) is 0.275. The first-order valence-electron chi connectivity index (χ1n) is 6.45. The van der Waals surface area contributed by atoms with Crippen LogP contribution in [0.15, 0.2) is 23.8 Å². The standard InChI is InChI=1S/C14H16ClN3O/c1-14(6-7-14)10-5-3-4-9(8-10)11-16-12(15)18-13(17-11)19-2/h3,5,8-9H,4,6-7H2,1-2H3. The molecule has 3 rings (SSSR count). The molecule has 100 valence electrons. The van der Waals surface area contributed by atoms with Gasteiger partial charge in [-0.15, -0.1) is 0 Å². The van der Waals surface area contributed by atoms with Crippen LogP contribution in [0.5, 0.6) is 6.01 Å². The summed E-state index contributed by atoms with van der Waals surface area (Å²) in [5, 5.41) is 0.184. The minimum atomic E-state index is 0.159. The average molecular weight is 278 g/mol. The van der Waals surface area contributed by atoms with Crippen LogP contribution in [-0.4, -0.2) is 22.1 Å². The van der Waals surface area contributed by atoms with Crippen LogP contribution in [0, 0.1) is 5.41 Å². The molecule has 0 radical (unpaired) electrons. The third-order valence-electron chi connectivity index (χ3n) is 3.88. The minimum absolute atomic E-state index is 0.159. The summed E-state index contributed by atoms with van der Waals surface area (Å²) < 4.78 is 5.05. The van der Waals surface area contributed by atoms with Crippen molar-refractivity contribution in [3.8, 4) is 6.01 Å². The summed E-state index contributed by atoms with van der Waals surface area (Å²) in [6.07, 6.45) is 10.1. The zero-order valence-corrected chi connectivity index (χ0v) is 11.8. The first-order valence-corrected chi connectivity index (χ1v) is 6.83. The average Bonchev–Trinajstić information content (AvgIpc) is 3.17. The molecule has 0 aliphatic heterocycles. The van der Waals surface area contributed by atoms with E-state index in [0.29, 0.717) is 11.2 Å². The van der Waals surface area contributed by atoms with Crippen LogP contribution in [0.25, 0.3) is 0 Å². The van der Waals surface area contributed by atoms with Crippen molar-refractivity contribution >= 4 is 11.6 Å². The van der Waals surface area contributed by atoms with E-state index in [9.17, 15) is 0 Å². The largest absolute Gasteiger partial charge is 0.467 e. The molecule has 2 aliphatic carbocycles. The lowest BCUT2D eigenvalue weighted by atomic mass is 9.87. The van der Waals surface area contributed by atoms with Gasteiger partial charge in [-0.05, 0) is 41.9 Å². The fourth-order valence-corrected chi connectivity index (χ4v) is 2.50. The molecule has 0 aromatic carbocycles. The van der Waals surface area contributed by atoms with Gasteiger partial charge in [0.25, 0.3) is 0 Å². The molecular weight excluding hydrogens is 262 g/mol. The van der Waals surface area contributed by atoms with Gasteiger partial charge < -0.3 is 4.74 Å². The van der Waals surface area contributed by atoms with E-state index in [2.05, 4.69) is 40.1 Å². The highest BCUT2D eigenvalue weighted by Crippen LogP contribution is 2.53. The number of allylic oxidation sites excluding steroid dienone is 4. The van der Waals surface area contributed by atoms with Gasteiger partial charge in [-0.1, -0.05) is 25.2 Å². The molecule has 1 saturated carbocycles. The van der Waals surface area contributed by atoms with Crippen molar-refractivity contribution in [2.24, 2.45) is 5.41 Å². The lowest BCUT2D eigenvalue weighted by Gasteiger charge is -2.19. The normalized spacial score (nSPS) is 23.9. The Labute approximate surface area is 117 Å². The van der Waals surface area contributed by atoms with Crippen LogP contribution in [-0.2, 0) is 0 Å². The van der Waals surface area contributed by atoms with Crippen molar-refractivity contribution in [3.05, 3.63) is 34.9 Å². The topological polar surface area (TPSA) is 47.9 Å². The number of hydrogen-bond acceptors (Lipinski definition) is 4. The molecule has 1 heterocycles. The van der Waals surface area contributed by atoms with Gasteiger partial charge in [-0.2, -0.15) is 9.97 Å². The fraction of sp³-hybridized carbons (Fsp3) is 0.500. The SMILES string of the molecule is COc1nc(Cl)nc(C2C=C(C3(C)CC3)C=CC2)n1. The molecular formula is C14H16ClN3O. The number of rotatable bonds is 3. The number of aromatic nitrogens is 3. The van der Waals surface area contributed by atoms with E-state index >= 15 is 0 Å². The lowest BCUT2D eigenvalue weighted by Crippen LogP contribution is -2.10. The molecule has 5 heteroatoms. The zero-order valence-electron chi connectivity index (χ0n) is 11.1. The van der Waals surface area contributed by atoms with Crippen molar-refractivity contribution in [1.82, 2.24) is 15.0 Å². The second-order valence-corrected chi connectivity index (χ2v) is 5.71. The zero-order chi connectivity index (χ0) is 13.5. The second kappa shape index (κ2) is 4.60. The van der Waals surface area contributed by atoms with Gasteiger partial charge in [0.15, 0.2) is 0 Å². The third-order valence-corrected chi connectivity index (χ3v) is 4.05. The molecule has 1 aromatic heterocycles. The molecule has 2 aliphatic rings. The molecule has 19 heavy (non-hydrogen) atoms. The van der Waals surface area contributed by atoms with Crippen molar-refractivity contribution in [3.63, 3.8) is 0 Å². The fourth-order valence-electron chi connectivity index (χ4n) is 2.34. The summed E-state index contributed by atoms with van der Waals surface area (Å²) in [7, 11) is 1.53. The molecule has 0 bridgehead atoms. The third kappa shape index (κ3) is 2.50. The van der Waals surface area contributed by atoms with Crippen molar-refractivity contribution < 1.29 is 4.74 Å². The number of methoxy groups -OCH3 is 1. The van der Waals surface area contributed by atoms with Crippen molar-refractivity contribution in [2.75, 3.05) is 7.11 Å². The number of ether oxygens (including phenoxy) is 1. The predicted octanol–water partition coefficient (Wildman–Crippen LogP) is 3.30. The summed E-state index contributed by atoms with van der Waals surface area (Å²) in [5.41, 5.74) is 1.75. The van der Waals surface area contributed by atoms with Gasteiger partial charge in [-0.3, -0.25) is 0 Å². The molecule has 0 spiro atoms. The monoisotopic (exact) mass is 277 g/mol. The van der Waals surface area contributed by atoms with Gasteiger partial charge >= 0.3 is 6.01 Å². The smallest absolute Gasteiger partial charge is 0.320 e. The molecule has 1 atom stereocenters. The molecule has 0 saturated heterocycles. The summed E-state index contributed by atoms with van der Waals surface area (Å²) in [4.78, 5) is 12.4. The van der Waals surface area contributed by atoms with Crippen LogP contribution in [0.4, 0.5) is 0 Å². The highest BCUT2D eigenvalue weighted by atomic mass is 35.5. The Hall–Kier alpha value is -1.42. The van der Waals surface area contributed by atoms with Crippen LogP contribution in [0.2, 0.25) is 5.28 Å². The molecule has 1 aromatic rings. The quantitative estimate of drug-likeness (QED) is 0.850. The molecule has 4 nitrogen and oxygen atoms in total. The maximum Gasteiger partial charge on any atom is 0.320 e. The molecule has 0 amide bonds. The molecule has 1 unspecified atom stereocenters. The Balaban J connectivity index is 1.92. The number of hydrogen-bond donors (Lipinski definition) is 0. The van der Waals surface area contributed by atoms with E-state index in [4.69, 9.17) is 16.3 Å². The van der Waals surface area contributed by atoms with Gasteiger partial charge in [-0.25, -0.2) is 4.98 Å². The van der Waals surface area contributed by atoms with E-state index in [0.717, 1.165) is 6.42 Å². The number of nitrogens with zero attached hydrogens (tertiary/aromatic N) is 3. The molecule has 0 N–H and O–H groups in total. The first kappa shape index (κ1) is 12.6. The minimum Gasteiger partial charge on any atom is -0.467 e. The van der Waals surface area contributed by atoms with Crippen LogP contribution in [0.1, 0.15) is 37.9 Å². The van der Waals surface area contributed by atoms with E-state index in [1.807, 2.05) is 0 Å². The van der Waals surface area contributed by atoms with E-state index in [1.165, 1.54) is 25.5 Å². The van der Waals surface area contributed by atoms with Crippen LogP contribution < -0.4 is 4.74 Å². The summed E-state index contributed by atoms with van der Waals surface area (Å²) in [5.74, 6) is 0.842. The Bertz CT molecular complexity index is 564. The first-order chi connectivity index (χ1) is 9.10. The maximum atomic E-state index is 5.91. The highest BCUT2D eigenvalue weighted by Gasteiger charge is 2.40. The van der Waals surface area contributed by atoms with E-state index in [-0.39, 0.29) is 17.2 Å². The van der Waals surface area contributed by atoms with Gasteiger partial charge in [0.05, 0.1) is 7.11 Å². The van der Waals surface area contributed by atoms with Crippen LogP contribution >= 0.6 is 11.6 Å². The van der Waals surface area contributed by atoms with Gasteiger partial charge in [0.2, 0.25) is 5.28 Å². The summed E-state index contributed by atoms with van der Waals surface area (Å²) >= 11 is 5.91. The Morgan fingerprint density at radius 3 is 2.79 bits per heavy atom. The van der Waals surface area contributed by atoms with Gasteiger partial charge in [0.1, 0.15) is 5.82 Å². The Kier molecular flexibility index (Phi) is 3.05. The van der Waals surface area contributed by atoms with Gasteiger partial charge in [0, 0.05) is 5.92 Å². The number of halogens is 1. The Morgan fingerprint density at radius 2 is 2.11 bits per heavy atom. The van der Waals surface area contributed by atoms with Crippen molar-refractivity contribution in [2.45, 2.75) is 32.1 Å². The Morgan fingerprint density at radius 1 is 1.32 bits per heavy atom. The maximum absolute atomic E-state index is 5.91. The molecule has 1 fully saturated rings.